The lowest BCUT2D eigenvalue weighted by Gasteiger charge is -2.29. The Morgan fingerprint density at radius 1 is 1.19 bits per heavy atom. The Labute approximate surface area is 182 Å². The van der Waals surface area contributed by atoms with Crippen LogP contribution in [-0.4, -0.2) is 58.3 Å². The van der Waals surface area contributed by atoms with Crippen molar-refractivity contribution in [2.24, 2.45) is 0 Å². The zero-order valence-electron chi connectivity index (χ0n) is 17.8. The zero-order chi connectivity index (χ0) is 22.4. The van der Waals surface area contributed by atoms with Crippen LogP contribution in [0, 0.1) is 5.82 Å². The van der Waals surface area contributed by atoms with E-state index in [-0.39, 0.29) is 18.3 Å². The second-order valence-corrected chi connectivity index (χ2v) is 9.70. The van der Waals surface area contributed by atoms with Gasteiger partial charge in [0.15, 0.2) is 0 Å². The fourth-order valence-corrected chi connectivity index (χ4v) is 4.25. The molecule has 7 nitrogen and oxygen atoms in total. The number of ether oxygens (including phenoxy) is 1. The first-order valence-corrected chi connectivity index (χ1v) is 12.0. The van der Waals surface area contributed by atoms with Crippen LogP contribution < -0.4 is 14.4 Å². The van der Waals surface area contributed by atoms with E-state index in [4.69, 9.17) is 4.74 Å². The van der Waals surface area contributed by atoms with Crippen LogP contribution in [0.3, 0.4) is 0 Å². The summed E-state index contributed by atoms with van der Waals surface area (Å²) in [5.74, 6) is -0.269. The van der Waals surface area contributed by atoms with Crippen LogP contribution in [-0.2, 0) is 21.4 Å². The number of rotatable bonds is 8. The lowest BCUT2D eigenvalue weighted by Crippen LogP contribution is -2.40. The van der Waals surface area contributed by atoms with E-state index in [2.05, 4.69) is 17.3 Å². The molecule has 2 aromatic carbocycles. The number of hydrogen-bond acceptors (Lipinski definition) is 5. The van der Waals surface area contributed by atoms with Gasteiger partial charge >= 0.3 is 0 Å². The molecule has 1 heterocycles. The molecule has 1 aliphatic rings. The van der Waals surface area contributed by atoms with Crippen molar-refractivity contribution < 1.29 is 22.3 Å². The number of carbonyl (C=O) groups excluding carboxylic acids is 1. The van der Waals surface area contributed by atoms with Gasteiger partial charge in [-0.3, -0.25) is 9.10 Å². The van der Waals surface area contributed by atoms with Crippen molar-refractivity contribution in [3.05, 3.63) is 59.9 Å². The predicted octanol–water partition coefficient (Wildman–Crippen LogP) is 2.38. The number of anilines is 1. The highest BCUT2D eigenvalue weighted by Gasteiger charge is 2.21. The van der Waals surface area contributed by atoms with Gasteiger partial charge in [-0.1, -0.05) is 18.2 Å². The van der Waals surface area contributed by atoms with Crippen molar-refractivity contribution in [1.82, 2.24) is 10.2 Å². The molecule has 0 spiro atoms. The van der Waals surface area contributed by atoms with Crippen LogP contribution >= 0.6 is 0 Å². The minimum absolute atomic E-state index is 0.105. The molecule has 3 rings (SSSR count). The number of nitrogens with one attached hydrogen (secondary N) is 1. The van der Waals surface area contributed by atoms with E-state index in [9.17, 15) is 17.6 Å². The Balaban J connectivity index is 1.53. The summed E-state index contributed by atoms with van der Waals surface area (Å²) < 4.78 is 44.5. The maximum absolute atomic E-state index is 13.5. The lowest BCUT2D eigenvalue weighted by atomic mass is 10.1. The lowest BCUT2D eigenvalue weighted by molar-refractivity contribution is -0.119. The highest BCUT2D eigenvalue weighted by molar-refractivity contribution is 7.92. The van der Waals surface area contributed by atoms with E-state index in [0.29, 0.717) is 0 Å². The first-order chi connectivity index (χ1) is 14.7. The van der Waals surface area contributed by atoms with Gasteiger partial charge in [-0.05, 0) is 55.8 Å². The summed E-state index contributed by atoms with van der Waals surface area (Å²) in [6.45, 7) is 1.86. The largest absolute Gasteiger partial charge is 0.490 e. The highest BCUT2D eigenvalue weighted by atomic mass is 32.2. The Morgan fingerprint density at radius 3 is 2.48 bits per heavy atom. The molecule has 0 aliphatic carbocycles. The molecular weight excluding hydrogens is 421 g/mol. The molecule has 1 aliphatic heterocycles. The third-order valence-corrected chi connectivity index (χ3v) is 6.31. The van der Waals surface area contributed by atoms with E-state index in [0.717, 1.165) is 53.9 Å². The second kappa shape index (κ2) is 10.1. The molecule has 9 heteroatoms. The summed E-state index contributed by atoms with van der Waals surface area (Å²) in [6, 6.07) is 12.6. The van der Waals surface area contributed by atoms with Crippen LogP contribution in [0.15, 0.2) is 48.5 Å². The van der Waals surface area contributed by atoms with Gasteiger partial charge in [0.2, 0.25) is 15.9 Å². The first-order valence-electron chi connectivity index (χ1n) is 10.1. The third kappa shape index (κ3) is 6.93. The van der Waals surface area contributed by atoms with Crippen molar-refractivity contribution in [3.8, 4) is 5.75 Å². The number of nitrogens with zero attached hydrogens (tertiary/aromatic N) is 2. The second-order valence-electron chi connectivity index (χ2n) is 7.79. The van der Waals surface area contributed by atoms with Crippen molar-refractivity contribution in [2.45, 2.75) is 25.5 Å². The van der Waals surface area contributed by atoms with Crippen LogP contribution in [0.4, 0.5) is 10.1 Å². The maximum atomic E-state index is 13.5. The molecule has 1 N–H and O–H groups in total. The van der Waals surface area contributed by atoms with Crippen molar-refractivity contribution in [1.29, 1.82) is 0 Å². The van der Waals surface area contributed by atoms with Crippen LogP contribution in [0.1, 0.15) is 18.4 Å². The summed E-state index contributed by atoms with van der Waals surface area (Å²) in [7, 11) is -1.65. The fraction of sp³-hybridized carbons (Fsp3) is 0.409. The van der Waals surface area contributed by atoms with E-state index in [1.165, 1.54) is 18.2 Å². The summed E-state index contributed by atoms with van der Waals surface area (Å²) in [5.41, 5.74) is 0.966. The molecule has 0 aromatic heterocycles. The minimum Gasteiger partial charge on any atom is -0.490 e. The molecule has 0 saturated carbocycles. The minimum atomic E-state index is -3.75. The Morgan fingerprint density at radius 2 is 1.87 bits per heavy atom. The predicted molar refractivity (Wildman–Crippen MR) is 118 cm³/mol. The molecule has 1 amide bonds. The van der Waals surface area contributed by atoms with Gasteiger partial charge in [0.1, 0.15) is 24.2 Å². The topological polar surface area (TPSA) is 79.0 Å². The van der Waals surface area contributed by atoms with Crippen LogP contribution in [0.25, 0.3) is 0 Å². The molecule has 0 atom stereocenters. The molecule has 0 bridgehead atoms. The molecule has 168 valence electrons. The van der Waals surface area contributed by atoms with E-state index >= 15 is 0 Å². The van der Waals surface area contributed by atoms with Gasteiger partial charge in [-0.2, -0.15) is 0 Å². The standard InChI is InChI=1S/C22H28FN3O4S/c1-25-12-10-21(11-13-25)30-20-8-6-17(7-9-20)15-24-22(27)16-26(31(2,28)29)19-5-3-4-18(23)14-19/h3-9,14,21H,10-13,15-16H2,1-2H3,(H,24,27). The van der Waals surface area contributed by atoms with Gasteiger partial charge in [-0.25, -0.2) is 12.8 Å². The number of benzene rings is 2. The van der Waals surface area contributed by atoms with E-state index < -0.39 is 28.3 Å². The molecule has 2 aromatic rings. The smallest absolute Gasteiger partial charge is 0.241 e. The highest BCUT2D eigenvalue weighted by Crippen LogP contribution is 2.20. The van der Waals surface area contributed by atoms with Gasteiger partial charge in [-0.15, -0.1) is 0 Å². The SMILES string of the molecule is CN1CCC(Oc2ccc(CNC(=O)CN(c3cccc(F)c3)S(C)(=O)=O)cc2)CC1. The number of piperidine rings is 1. The van der Waals surface area contributed by atoms with Gasteiger partial charge < -0.3 is 15.0 Å². The fourth-order valence-electron chi connectivity index (χ4n) is 3.40. The molecule has 0 unspecified atom stereocenters. The third-order valence-electron chi connectivity index (χ3n) is 5.17. The Bertz CT molecular complexity index is 990. The monoisotopic (exact) mass is 449 g/mol. The van der Waals surface area contributed by atoms with Gasteiger partial charge in [0.25, 0.3) is 0 Å². The Hall–Kier alpha value is -2.65. The van der Waals surface area contributed by atoms with Gasteiger partial charge in [0.05, 0.1) is 11.9 Å². The number of halogens is 1. The molecular formula is C22H28FN3O4S. The van der Waals surface area contributed by atoms with E-state index in [1.54, 1.807) is 0 Å². The average Bonchev–Trinajstić information content (AvgIpc) is 2.72. The van der Waals surface area contributed by atoms with Crippen molar-refractivity contribution in [3.63, 3.8) is 0 Å². The number of carbonyl (C=O) groups is 1. The van der Waals surface area contributed by atoms with Crippen molar-refractivity contribution in [2.75, 3.05) is 37.2 Å². The van der Waals surface area contributed by atoms with Gasteiger partial charge in [0, 0.05) is 19.6 Å². The summed E-state index contributed by atoms with van der Waals surface area (Å²) in [6.07, 6.45) is 3.19. The molecule has 0 radical (unpaired) electrons. The van der Waals surface area contributed by atoms with Crippen LogP contribution in [0.5, 0.6) is 5.75 Å². The molecule has 31 heavy (non-hydrogen) atoms. The summed E-state index contributed by atoms with van der Waals surface area (Å²) in [5, 5.41) is 2.71. The van der Waals surface area contributed by atoms with Crippen molar-refractivity contribution >= 4 is 21.6 Å². The number of hydrogen-bond donors (Lipinski definition) is 1. The number of sulfonamides is 1. The number of amides is 1. The quantitative estimate of drug-likeness (QED) is 0.670. The van der Waals surface area contributed by atoms with Crippen LogP contribution in [0.2, 0.25) is 0 Å². The molecule has 1 saturated heterocycles. The Kier molecular flexibility index (Phi) is 7.50. The summed E-state index contributed by atoms with van der Waals surface area (Å²) >= 11 is 0. The normalized spacial score (nSPS) is 15.5. The number of likely N-dealkylation sites (tertiary alicyclic amines) is 1. The average molecular weight is 450 g/mol. The first kappa shape index (κ1) is 23.0. The summed E-state index contributed by atoms with van der Waals surface area (Å²) in [4.78, 5) is 14.6. The zero-order valence-corrected chi connectivity index (χ0v) is 18.6. The molecule has 1 fully saturated rings. The van der Waals surface area contributed by atoms with E-state index in [1.807, 2.05) is 24.3 Å². The maximum Gasteiger partial charge on any atom is 0.241 e.